The van der Waals surface area contributed by atoms with Crippen molar-refractivity contribution in [2.75, 3.05) is 46.2 Å². The number of ether oxygens (including phenoxy) is 1. The SMILES string of the molecule is COc1c(N(C)CCN(C)C)nc[nH]c1=O. The van der Waals surface area contributed by atoms with Gasteiger partial charge in [0.1, 0.15) is 0 Å². The van der Waals surface area contributed by atoms with Gasteiger partial charge in [0, 0.05) is 20.1 Å². The van der Waals surface area contributed by atoms with Gasteiger partial charge >= 0.3 is 0 Å². The molecule has 0 amide bonds. The maximum Gasteiger partial charge on any atom is 0.295 e. The second kappa shape index (κ2) is 5.50. The molecule has 1 heterocycles. The Hall–Kier alpha value is -1.56. The van der Waals surface area contributed by atoms with Gasteiger partial charge in [-0.05, 0) is 14.1 Å². The summed E-state index contributed by atoms with van der Waals surface area (Å²) in [6.07, 6.45) is 1.38. The Bertz CT molecular complexity index is 389. The molecule has 0 aromatic carbocycles. The second-order valence-electron chi connectivity index (χ2n) is 3.81. The van der Waals surface area contributed by atoms with Crippen molar-refractivity contribution in [2.45, 2.75) is 0 Å². The number of methoxy groups -OCH3 is 1. The summed E-state index contributed by atoms with van der Waals surface area (Å²) in [6, 6.07) is 0. The van der Waals surface area contributed by atoms with Crippen LogP contribution >= 0.6 is 0 Å². The van der Waals surface area contributed by atoms with Gasteiger partial charge in [0.25, 0.3) is 5.56 Å². The molecule has 0 saturated heterocycles. The number of aromatic nitrogens is 2. The van der Waals surface area contributed by atoms with Crippen LogP contribution in [0.4, 0.5) is 5.82 Å². The molecule has 6 heteroatoms. The molecule has 0 fully saturated rings. The molecule has 0 aliphatic heterocycles. The van der Waals surface area contributed by atoms with Crippen LogP contribution < -0.4 is 15.2 Å². The first-order valence-corrected chi connectivity index (χ1v) is 5.03. The minimum atomic E-state index is -0.260. The Kier molecular flexibility index (Phi) is 4.30. The summed E-state index contributed by atoms with van der Waals surface area (Å²) in [7, 11) is 7.34. The Morgan fingerprint density at radius 3 is 2.62 bits per heavy atom. The molecule has 1 N–H and O–H groups in total. The van der Waals surface area contributed by atoms with Crippen LogP contribution in [0.25, 0.3) is 0 Å². The average molecular weight is 226 g/mol. The van der Waals surface area contributed by atoms with Crippen LogP contribution in [0, 0.1) is 0 Å². The maximum atomic E-state index is 11.5. The molecule has 6 nitrogen and oxygen atoms in total. The van der Waals surface area contributed by atoms with E-state index in [9.17, 15) is 4.79 Å². The van der Waals surface area contributed by atoms with Crippen molar-refractivity contribution in [1.82, 2.24) is 14.9 Å². The van der Waals surface area contributed by atoms with Crippen molar-refractivity contribution < 1.29 is 4.74 Å². The molecule has 16 heavy (non-hydrogen) atoms. The maximum absolute atomic E-state index is 11.5. The van der Waals surface area contributed by atoms with E-state index in [0.717, 1.165) is 13.1 Å². The van der Waals surface area contributed by atoms with Gasteiger partial charge < -0.3 is 19.5 Å². The molecule has 0 bridgehead atoms. The number of nitrogens with one attached hydrogen (secondary N) is 1. The van der Waals surface area contributed by atoms with Crippen molar-refractivity contribution in [3.8, 4) is 5.75 Å². The quantitative estimate of drug-likeness (QED) is 0.752. The van der Waals surface area contributed by atoms with Crippen LogP contribution in [-0.4, -0.2) is 56.2 Å². The lowest BCUT2D eigenvalue weighted by Crippen LogP contribution is -2.30. The van der Waals surface area contributed by atoms with Crippen LogP contribution in [0.15, 0.2) is 11.1 Å². The highest BCUT2D eigenvalue weighted by Crippen LogP contribution is 2.18. The fourth-order valence-corrected chi connectivity index (χ4v) is 1.29. The summed E-state index contributed by atoms with van der Waals surface area (Å²) in [6.45, 7) is 1.66. The highest BCUT2D eigenvalue weighted by molar-refractivity contribution is 5.49. The van der Waals surface area contributed by atoms with Gasteiger partial charge in [0.05, 0.1) is 13.4 Å². The van der Waals surface area contributed by atoms with Gasteiger partial charge in [0.2, 0.25) is 5.75 Å². The third-order valence-corrected chi connectivity index (χ3v) is 2.24. The van der Waals surface area contributed by atoms with Crippen molar-refractivity contribution >= 4 is 5.82 Å². The first kappa shape index (κ1) is 12.5. The van der Waals surface area contributed by atoms with Crippen LogP contribution in [0.1, 0.15) is 0 Å². The third kappa shape index (κ3) is 2.96. The number of likely N-dealkylation sites (N-methyl/N-ethyl adjacent to an activating group) is 2. The molecule has 1 rings (SSSR count). The highest BCUT2D eigenvalue weighted by Gasteiger charge is 2.12. The van der Waals surface area contributed by atoms with Gasteiger partial charge in [-0.3, -0.25) is 4.79 Å². The summed E-state index contributed by atoms with van der Waals surface area (Å²) in [5, 5.41) is 0. The number of aromatic amines is 1. The largest absolute Gasteiger partial charge is 0.489 e. The topological polar surface area (TPSA) is 61.5 Å². The summed E-state index contributed by atoms with van der Waals surface area (Å²) < 4.78 is 5.04. The molecule has 90 valence electrons. The fourth-order valence-electron chi connectivity index (χ4n) is 1.29. The first-order chi connectivity index (χ1) is 7.56. The summed E-state index contributed by atoms with van der Waals surface area (Å²) in [4.78, 5) is 22.0. The fraction of sp³-hybridized carbons (Fsp3) is 0.600. The monoisotopic (exact) mass is 226 g/mol. The van der Waals surface area contributed by atoms with E-state index >= 15 is 0 Å². The molecule has 0 atom stereocenters. The van der Waals surface area contributed by atoms with Gasteiger partial charge in [-0.25, -0.2) is 4.98 Å². The molecule has 0 spiro atoms. The molecule has 1 aromatic heterocycles. The normalized spacial score (nSPS) is 10.6. The van der Waals surface area contributed by atoms with Gasteiger partial charge in [-0.15, -0.1) is 0 Å². The predicted octanol–water partition coefficient (Wildman–Crippen LogP) is -0.224. The average Bonchev–Trinajstić information content (AvgIpc) is 2.25. The van der Waals surface area contributed by atoms with E-state index in [1.54, 1.807) is 0 Å². The minimum Gasteiger partial charge on any atom is -0.489 e. The minimum absolute atomic E-state index is 0.253. The van der Waals surface area contributed by atoms with E-state index in [2.05, 4.69) is 14.9 Å². The summed E-state index contributed by atoms with van der Waals surface area (Å²) >= 11 is 0. The molecule has 0 unspecified atom stereocenters. The number of anilines is 1. The lowest BCUT2D eigenvalue weighted by Gasteiger charge is -2.21. The zero-order chi connectivity index (χ0) is 12.1. The van der Waals surface area contributed by atoms with Crippen molar-refractivity contribution in [2.24, 2.45) is 0 Å². The number of rotatable bonds is 5. The van der Waals surface area contributed by atoms with E-state index in [1.165, 1.54) is 13.4 Å². The smallest absolute Gasteiger partial charge is 0.295 e. The Morgan fingerprint density at radius 2 is 2.06 bits per heavy atom. The molecule has 0 radical (unpaired) electrons. The highest BCUT2D eigenvalue weighted by atomic mass is 16.5. The van der Waals surface area contributed by atoms with E-state index in [0.29, 0.717) is 5.82 Å². The lowest BCUT2D eigenvalue weighted by molar-refractivity contribution is 0.399. The number of H-pyrrole nitrogens is 1. The van der Waals surface area contributed by atoms with Crippen LogP contribution in [-0.2, 0) is 0 Å². The zero-order valence-corrected chi connectivity index (χ0v) is 10.1. The van der Waals surface area contributed by atoms with Crippen molar-refractivity contribution in [3.05, 3.63) is 16.7 Å². The van der Waals surface area contributed by atoms with E-state index in [-0.39, 0.29) is 11.3 Å². The Labute approximate surface area is 94.9 Å². The zero-order valence-electron chi connectivity index (χ0n) is 10.1. The lowest BCUT2D eigenvalue weighted by atomic mass is 10.4. The Balaban J connectivity index is 2.86. The van der Waals surface area contributed by atoms with Crippen molar-refractivity contribution in [1.29, 1.82) is 0 Å². The third-order valence-electron chi connectivity index (χ3n) is 2.24. The first-order valence-electron chi connectivity index (χ1n) is 5.03. The summed E-state index contributed by atoms with van der Waals surface area (Å²) in [5.74, 6) is 0.817. The molecule has 0 saturated carbocycles. The molecule has 0 aliphatic rings. The molecule has 1 aromatic rings. The van der Waals surface area contributed by atoms with E-state index in [1.807, 2.05) is 26.0 Å². The molecular weight excluding hydrogens is 208 g/mol. The van der Waals surface area contributed by atoms with E-state index in [4.69, 9.17) is 4.74 Å². The van der Waals surface area contributed by atoms with E-state index < -0.39 is 0 Å². The van der Waals surface area contributed by atoms with Crippen LogP contribution in [0.5, 0.6) is 5.75 Å². The second-order valence-corrected chi connectivity index (χ2v) is 3.81. The van der Waals surface area contributed by atoms with Gasteiger partial charge in [-0.1, -0.05) is 0 Å². The summed E-state index contributed by atoms with van der Waals surface area (Å²) in [5.41, 5.74) is -0.260. The van der Waals surface area contributed by atoms with Gasteiger partial charge in [-0.2, -0.15) is 0 Å². The molecular formula is C10H18N4O2. The van der Waals surface area contributed by atoms with Gasteiger partial charge in [0.15, 0.2) is 5.82 Å². The van der Waals surface area contributed by atoms with Crippen LogP contribution in [0.2, 0.25) is 0 Å². The number of nitrogens with zero attached hydrogens (tertiary/aromatic N) is 3. The number of hydrogen-bond acceptors (Lipinski definition) is 5. The Morgan fingerprint density at radius 1 is 1.38 bits per heavy atom. The number of hydrogen-bond donors (Lipinski definition) is 1. The van der Waals surface area contributed by atoms with Crippen LogP contribution in [0.3, 0.4) is 0 Å². The predicted molar refractivity (Wildman–Crippen MR) is 63.2 cm³/mol. The molecule has 0 aliphatic carbocycles. The standard InChI is InChI=1S/C10H18N4O2/c1-13(2)5-6-14(3)9-8(16-4)10(15)12-7-11-9/h7H,5-6H2,1-4H3,(H,11,12,15). The van der Waals surface area contributed by atoms with Crippen molar-refractivity contribution in [3.63, 3.8) is 0 Å².